The molecule has 0 N–H and O–H groups in total. The van der Waals surface area contributed by atoms with Crippen molar-refractivity contribution in [3.05, 3.63) is 23.9 Å². The van der Waals surface area contributed by atoms with Crippen LogP contribution in [-0.2, 0) is 9.53 Å². The number of rotatable bonds is 2. The molecule has 70 valence electrons. The summed E-state index contributed by atoms with van der Waals surface area (Å²) < 4.78 is 4.81. The summed E-state index contributed by atoms with van der Waals surface area (Å²) in [6.45, 7) is 2.12. The SMILES string of the molecule is CCOC(=O)C1=CC(Cl)C=NC=C1. The molecule has 0 bridgehead atoms. The molecule has 0 saturated heterocycles. The molecule has 0 aromatic rings. The first-order chi connectivity index (χ1) is 6.24. The summed E-state index contributed by atoms with van der Waals surface area (Å²) in [6, 6.07) is 0. The zero-order valence-electron chi connectivity index (χ0n) is 7.24. The van der Waals surface area contributed by atoms with E-state index in [2.05, 4.69) is 4.99 Å². The molecule has 0 aromatic carbocycles. The van der Waals surface area contributed by atoms with Gasteiger partial charge in [0.25, 0.3) is 0 Å². The van der Waals surface area contributed by atoms with E-state index >= 15 is 0 Å². The molecule has 1 atom stereocenters. The Balaban J connectivity index is 2.73. The summed E-state index contributed by atoms with van der Waals surface area (Å²) in [5.41, 5.74) is 0.444. The van der Waals surface area contributed by atoms with Gasteiger partial charge in [0.1, 0.15) is 0 Å². The molecule has 3 nitrogen and oxygen atoms in total. The number of esters is 1. The zero-order valence-corrected chi connectivity index (χ0v) is 7.99. The number of nitrogens with zero attached hydrogens (tertiary/aromatic N) is 1. The van der Waals surface area contributed by atoms with E-state index in [1.807, 2.05) is 0 Å². The Kier molecular flexibility index (Phi) is 3.71. The lowest BCUT2D eigenvalue weighted by Gasteiger charge is -2.01. The Labute approximate surface area is 81.7 Å². The van der Waals surface area contributed by atoms with E-state index in [0.29, 0.717) is 12.2 Å². The molecule has 4 heteroatoms. The fourth-order valence-electron chi connectivity index (χ4n) is 0.876. The van der Waals surface area contributed by atoms with Crippen LogP contribution in [0.5, 0.6) is 0 Å². The Morgan fingerprint density at radius 3 is 3.23 bits per heavy atom. The average Bonchev–Trinajstić information content (AvgIpc) is 2.30. The summed E-state index contributed by atoms with van der Waals surface area (Å²) in [6.07, 6.45) is 6.25. The highest BCUT2D eigenvalue weighted by molar-refractivity contribution is 6.30. The number of carbonyl (C=O) groups is 1. The van der Waals surface area contributed by atoms with E-state index in [4.69, 9.17) is 16.3 Å². The molecule has 0 aliphatic carbocycles. The minimum absolute atomic E-state index is 0.352. The van der Waals surface area contributed by atoms with Gasteiger partial charge in [0.15, 0.2) is 0 Å². The largest absolute Gasteiger partial charge is 0.462 e. The van der Waals surface area contributed by atoms with Crippen molar-refractivity contribution in [2.24, 2.45) is 4.99 Å². The van der Waals surface area contributed by atoms with E-state index in [9.17, 15) is 4.79 Å². The third-order valence-corrected chi connectivity index (χ3v) is 1.66. The minimum atomic E-state index is -0.366. The molecule has 0 aromatic heterocycles. The van der Waals surface area contributed by atoms with E-state index in [1.54, 1.807) is 25.3 Å². The van der Waals surface area contributed by atoms with Crippen molar-refractivity contribution in [1.29, 1.82) is 0 Å². The van der Waals surface area contributed by atoms with Crippen molar-refractivity contribution in [3.8, 4) is 0 Å². The second-order valence-corrected chi connectivity index (χ2v) is 2.90. The van der Waals surface area contributed by atoms with Crippen molar-refractivity contribution < 1.29 is 9.53 Å². The molecule has 1 aliphatic heterocycles. The first kappa shape index (κ1) is 9.99. The first-order valence-electron chi connectivity index (χ1n) is 3.97. The third kappa shape index (κ3) is 3.03. The smallest absolute Gasteiger partial charge is 0.337 e. The van der Waals surface area contributed by atoms with Crippen molar-refractivity contribution >= 4 is 23.8 Å². The Bertz CT molecular complexity index is 281. The Hall–Kier alpha value is -1.09. The standard InChI is InChI=1S/C9H10ClNO2/c1-2-13-9(12)7-3-4-11-6-8(10)5-7/h3-6,8H,2H2,1H3. The van der Waals surface area contributed by atoms with Gasteiger partial charge >= 0.3 is 5.97 Å². The van der Waals surface area contributed by atoms with Gasteiger partial charge in [-0.15, -0.1) is 11.6 Å². The molecule has 1 heterocycles. The lowest BCUT2D eigenvalue weighted by Crippen LogP contribution is -2.07. The zero-order chi connectivity index (χ0) is 9.68. The van der Waals surface area contributed by atoms with Crippen LogP contribution in [0.3, 0.4) is 0 Å². The quantitative estimate of drug-likeness (QED) is 0.502. The van der Waals surface area contributed by atoms with Crippen LogP contribution >= 0.6 is 11.6 Å². The lowest BCUT2D eigenvalue weighted by molar-refractivity contribution is -0.138. The van der Waals surface area contributed by atoms with Gasteiger partial charge < -0.3 is 4.74 Å². The number of hydrogen-bond donors (Lipinski definition) is 0. The number of allylic oxidation sites excluding steroid dienone is 1. The van der Waals surface area contributed by atoms with E-state index in [-0.39, 0.29) is 11.3 Å². The molecule has 1 rings (SSSR count). The molecule has 1 aliphatic rings. The second kappa shape index (κ2) is 4.82. The topological polar surface area (TPSA) is 38.7 Å². The fraction of sp³-hybridized carbons (Fsp3) is 0.333. The molecule has 0 radical (unpaired) electrons. The molecule has 0 spiro atoms. The van der Waals surface area contributed by atoms with E-state index in [0.717, 1.165) is 0 Å². The highest BCUT2D eigenvalue weighted by Gasteiger charge is 2.10. The van der Waals surface area contributed by atoms with Crippen molar-refractivity contribution in [3.63, 3.8) is 0 Å². The maximum Gasteiger partial charge on any atom is 0.337 e. The number of halogens is 1. The molecule has 0 saturated carbocycles. The van der Waals surface area contributed by atoms with Gasteiger partial charge in [0.2, 0.25) is 0 Å². The summed E-state index contributed by atoms with van der Waals surface area (Å²) in [7, 11) is 0. The van der Waals surface area contributed by atoms with Crippen molar-refractivity contribution in [2.45, 2.75) is 12.3 Å². The summed E-state index contributed by atoms with van der Waals surface area (Å²) in [5, 5.41) is -0.352. The summed E-state index contributed by atoms with van der Waals surface area (Å²) in [4.78, 5) is 15.1. The Morgan fingerprint density at radius 1 is 1.77 bits per heavy atom. The van der Waals surface area contributed by atoms with Gasteiger partial charge in [-0.25, -0.2) is 4.79 Å². The minimum Gasteiger partial charge on any atom is -0.462 e. The predicted octanol–water partition coefficient (Wildman–Crippen LogP) is 1.68. The van der Waals surface area contributed by atoms with Crippen LogP contribution < -0.4 is 0 Å². The average molecular weight is 200 g/mol. The first-order valence-corrected chi connectivity index (χ1v) is 4.40. The fourth-order valence-corrected chi connectivity index (χ4v) is 1.08. The van der Waals surface area contributed by atoms with Gasteiger partial charge in [-0.05, 0) is 19.1 Å². The third-order valence-electron chi connectivity index (χ3n) is 1.42. The summed E-state index contributed by atoms with van der Waals surface area (Å²) >= 11 is 5.79. The van der Waals surface area contributed by atoms with Crippen LogP contribution in [0.15, 0.2) is 28.9 Å². The highest BCUT2D eigenvalue weighted by Crippen LogP contribution is 2.08. The normalized spacial score (nSPS) is 20.8. The number of ether oxygens (including phenoxy) is 1. The molecular weight excluding hydrogens is 190 g/mol. The van der Waals surface area contributed by atoms with Gasteiger partial charge in [-0.1, -0.05) is 0 Å². The number of aliphatic imine (C=N–C) groups is 1. The van der Waals surface area contributed by atoms with Crippen molar-refractivity contribution in [1.82, 2.24) is 0 Å². The molecular formula is C9H10ClNO2. The van der Waals surface area contributed by atoms with Crippen LogP contribution in [0.4, 0.5) is 0 Å². The van der Waals surface area contributed by atoms with Gasteiger partial charge in [0.05, 0.1) is 17.6 Å². The number of alkyl halides is 1. The van der Waals surface area contributed by atoms with Crippen LogP contribution in [0, 0.1) is 0 Å². The molecule has 1 unspecified atom stereocenters. The van der Waals surface area contributed by atoms with Crippen LogP contribution in [0.1, 0.15) is 6.92 Å². The highest BCUT2D eigenvalue weighted by atomic mass is 35.5. The summed E-state index contributed by atoms with van der Waals surface area (Å²) in [5.74, 6) is -0.366. The van der Waals surface area contributed by atoms with Crippen LogP contribution in [-0.4, -0.2) is 24.2 Å². The van der Waals surface area contributed by atoms with E-state index in [1.165, 1.54) is 6.20 Å². The van der Waals surface area contributed by atoms with Gasteiger partial charge in [-0.2, -0.15) is 0 Å². The maximum absolute atomic E-state index is 11.2. The van der Waals surface area contributed by atoms with Crippen molar-refractivity contribution in [2.75, 3.05) is 6.61 Å². The van der Waals surface area contributed by atoms with Gasteiger partial charge in [0, 0.05) is 12.4 Å². The molecule has 0 fully saturated rings. The predicted molar refractivity (Wildman–Crippen MR) is 52.0 cm³/mol. The van der Waals surface area contributed by atoms with E-state index < -0.39 is 0 Å². The van der Waals surface area contributed by atoms with Crippen LogP contribution in [0.2, 0.25) is 0 Å². The molecule has 13 heavy (non-hydrogen) atoms. The molecule has 0 amide bonds. The number of carbonyl (C=O) groups excluding carboxylic acids is 1. The maximum atomic E-state index is 11.2. The number of hydrogen-bond acceptors (Lipinski definition) is 3. The van der Waals surface area contributed by atoms with Gasteiger partial charge in [-0.3, -0.25) is 4.99 Å². The van der Waals surface area contributed by atoms with Crippen LogP contribution in [0.25, 0.3) is 0 Å². The second-order valence-electron chi connectivity index (χ2n) is 2.40. The Morgan fingerprint density at radius 2 is 2.54 bits per heavy atom. The monoisotopic (exact) mass is 199 g/mol. The lowest BCUT2D eigenvalue weighted by atomic mass is 10.2.